The van der Waals surface area contributed by atoms with E-state index in [4.69, 9.17) is 5.73 Å². The molecule has 1 aromatic carbocycles. The second-order valence-corrected chi connectivity index (χ2v) is 3.93. The van der Waals surface area contributed by atoms with Crippen LogP contribution in [-0.2, 0) is 0 Å². The molecule has 0 saturated carbocycles. The Morgan fingerprint density at radius 3 is 2.86 bits per heavy atom. The molecule has 0 aromatic heterocycles. The maximum Gasteiger partial charge on any atom is 0.0731 e. The molecule has 0 amide bonds. The van der Waals surface area contributed by atoms with Gasteiger partial charge in [-0.25, -0.2) is 0 Å². The summed E-state index contributed by atoms with van der Waals surface area (Å²) >= 11 is 0. The molecule has 1 saturated heterocycles. The predicted octanol–water partition coefficient (Wildman–Crippen LogP) is 1.15. The Hall–Kier alpha value is -1.22. The molecular formula is C11H16N2O. The van der Waals surface area contributed by atoms with Crippen molar-refractivity contribution in [1.82, 2.24) is 0 Å². The standard InChI is InChI=1S/C11H16N2O/c1-8-6-9(12)2-3-11(8)13-5-4-10(14)7-13/h2-3,6,10,14H,4-5,7,12H2,1H3/t10-/m0/s1. The number of nitrogens with two attached hydrogens (primary N) is 1. The lowest BCUT2D eigenvalue weighted by atomic mass is 10.1. The second kappa shape index (κ2) is 3.50. The van der Waals surface area contributed by atoms with E-state index in [-0.39, 0.29) is 6.10 Å². The number of nitrogens with zero attached hydrogens (tertiary/aromatic N) is 1. The van der Waals surface area contributed by atoms with E-state index in [0.717, 1.165) is 25.2 Å². The Bertz CT molecular complexity index is 338. The summed E-state index contributed by atoms with van der Waals surface area (Å²) < 4.78 is 0. The number of aliphatic hydroxyl groups is 1. The number of benzene rings is 1. The molecule has 1 fully saturated rings. The Balaban J connectivity index is 2.24. The van der Waals surface area contributed by atoms with Gasteiger partial charge >= 0.3 is 0 Å². The smallest absolute Gasteiger partial charge is 0.0731 e. The summed E-state index contributed by atoms with van der Waals surface area (Å²) in [4.78, 5) is 2.21. The molecule has 1 aliphatic rings. The quantitative estimate of drug-likeness (QED) is 0.656. The van der Waals surface area contributed by atoms with Gasteiger partial charge in [0.1, 0.15) is 0 Å². The van der Waals surface area contributed by atoms with Gasteiger partial charge in [0.05, 0.1) is 6.10 Å². The van der Waals surface area contributed by atoms with Gasteiger partial charge in [0.2, 0.25) is 0 Å². The molecule has 1 aliphatic heterocycles. The maximum atomic E-state index is 9.44. The Morgan fingerprint density at radius 1 is 1.50 bits per heavy atom. The van der Waals surface area contributed by atoms with Crippen molar-refractivity contribution in [3.8, 4) is 0 Å². The first kappa shape index (κ1) is 9.34. The highest BCUT2D eigenvalue weighted by molar-refractivity contribution is 5.59. The summed E-state index contributed by atoms with van der Waals surface area (Å²) in [6.07, 6.45) is 0.691. The lowest BCUT2D eigenvalue weighted by molar-refractivity contribution is 0.198. The molecule has 1 aromatic rings. The van der Waals surface area contributed by atoms with Gasteiger partial charge in [0.15, 0.2) is 0 Å². The molecule has 76 valence electrons. The molecular weight excluding hydrogens is 176 g/mol. The second-order valence-electron chi connectivity index (χ2n) is 3.93. The van der Waals surface area contributed by atoms with Crippen LogP contribution in [0.25, 0.3) is 0 Å². The summed E-state index contributed by atoms with van der Waals surface area (Å²) in [5.74, 6) is 0. The predicted molar refractivity (Wildman–Crippen MR) is 58.4 cm³/mol. The van der Waals surface area contributed by atoms with Crippen molar-refractivity contribution >= 4 is 11.4 Å². The van der Waals surface area contributed by atoms with Gasteiger partial charge in [-0.3, -0.25) is 0 Å². The molecule has 14 heavy (non-hydrogen) atoms. The highest BCUT2D eigenvalue weighted by atomic mass is 16.3. The number of rotatable bonds is 1. The third-order valence-electron chi connectivity index (χ3n) is 2.72. The number of aliphatic hydroxyl groups excluding tert-OH is 1. The number of hydrogen-bond donors (Lipinski definition) is 2. The summed E-state index contributed by atoms with van der Waals surface area (Å²) in [5, 5.41) is 9.44. The van der Waals surface area contributed by atoms with E-state index in [1.54, 1.807) is 0 Å². The van der Waals surface area contributed by atoms with E-state index < -0.39 is 0 Å². The zero-order valence-electron chi connectivity index (χ0n) is 8.40. The van der Waals surface area contributed by atoms with Gasteiger partial charge in [0, 0.05) is 24.5 Å². The van der Waals surface area contributed by atoms with E-state index in [2.05, 4.69) is 11.8 Å². The van der Waals surface area contributed by atoms with Gasteiger partial charge in [-0.15, -0.1) is 0 Å². The minimum Gasteiger partial charge on any atom is -0.399 e. The van der Waals surface area contributed by atoms with E-state index in [1.165, 1.54) is 11.3 Å². The van der Waals surface area contributed by atoms with Crippen LogP contribution in [0.3, 0.4) is 0 Å². The van der Waals surface area contributed by atoms with Crippen molar-refractivity contribution in [3.05, 3.63) is 23.8 Å². The highest BCUT2D eigenvalue weighted by Gasteiger charge is 2.21. The average molecular weight is 192 g/mol. The molecule has 3 N–H and O–H groups in total. The molecule has 3 heteroatoms. The molecule has 0 bridgehead atoms. The summed E-state index contributed by atoms with van der Waals surface area (Å²) in [6, 6.07) is 5.91. The van der Waals surface area contributed by atoms with Crippen molar-refractivity contribution in [1.29, 1.82) is 0 Å². The van der Waals surface area contributed by atoms with Crippen molar-refractivity contribution in [2.75, 3.05) is 23.7 Å². The minimum atomic E-state index is -0.174. The molecule has 0 aliphatic carbocycles. The Morgan fingerprint density at radius 2 is 2.29 bits per heavy atom. The van der Waals surface area contributed by atoms with Gasteiger partial charge in [-0.1, -0.05) is 0 Å². The van der Waals surface area contributed by atoms with Crippen LogP contribution in [-0.4, -0.2) is 24.3 Å². The van der Waals surface area contributed by atoms with Crippen LogP contribution >= 0.6 is 0 Å². The van der Waals surface area contributed by atoms with Crippen LogP contribution in [0, 0.1) is 6.92 Å². The van der Waals surface area contributed by atoms with Crippen LogP contribution in [0.4, 0.5) is 11.4 Å². The van der Waals surface area contributed by atoms with Crippen LogP contribution < -0.4 is 10.6 Å². The van der Waals surface area contributed by atoms with Gasteiger partial charge in [-0.05, 0) is 37.1 Å². The van der Waals surface area contributed by atoms with E-state index in [9.17, 15) is 5.11 Å². The van der Waals surface area contributed by atoms with Gasteiger partial charge in [-0.2, -0.15) is 0 Å². The number of nitrogen functional groups attached to an aromatic ring is 1. The molecule has 1 heterocycles. The number of anilines is 2. The van der Waals surface area contributed by atoms with Crippen LogP contribution in [0.2, 0.25) is 0 Å². The third-order valence-corrected chi connectivity index (χ3v) is 2.72. The molecule has 2 rings (SSSR count). The molecule has 0 radical (unpaired) electrons. The van der Waals surface area contributed by atoms with Crippen LogP contribution in [0.5, 0.6) is 0 Å². The van der Waals surface area contributed by atoms with Gasteiger partial charge < -0.3 is 15.7 Å². The first-order chi connectivity index (χ1) is 6.66. The van der Waals surface area contributed by atoms with Crippen LogP contribution in [0.1, 0.15) is 12.0 Å². The van der Waals surface area contributed by atoms with Crippen molar-refractivity contribution in [3.63, 3.8) is 0 Å². The number of β-amino-alcohol motifs (C(OH)–C–C–N with tert-alkyl or cyclic N) is 1. The monoisotopic (exact) mass is 192 g/mol. The first-order valence-electron chi connectivity index (χ1n) is 4.96. The maximum absolute atomic E-state index is 9.44. The largest absolute Gasteiger partial charge is 0.399 e. The fourth-order valence-electron chi connectivity index (χ4n) is 1.99. The molecule has 1 atom stereocenters. The highest BCUT2D eigenvalue weighted by Crippen LogP contribution is 2.25. The van der Waals surface area contributed by atoms with Gasteiger partial charge in [0.25, 0.3) is 0 Å². The average Bonchev–Trinajstić information content (AvgIpc) is 2.51. The molecule has 0 unspecified atom stereocenters. The Kier molecular flexibility index (Phi) is 2.33. The minimum absolute atomic E-state index is 0.174. The first-order valence-corrected chi connectivity index (χ1v) is 4.96. The zero-order chi connectivity index (χ0) is 10.1. The topological polar surface area (TPSA) is 49.5 Å². The van der Waals surface area contributed by atoms with E-state index >= 15 is 0 Å². The SMILES string of the molecule is Cc1cc(N)ccc1N1CC[C@H](O)C1. The van der Waals surface area contributed by atoms with Crippen molar-refractivity contribution in [2.24, 2.45) is 0 Å². The number of hydrogen-bond acceptors (Lipinski definition) is 3. The fourth-order valence-corrected chi connectivity index (χ4v) is 1.99. The summed E-state index contributed by atoms with van der Waals surface area (Å²) in [7, 11) is 0. The zero-order valence-corrected chi connectivity index (χ0v) is 8.40. The van der Waals surface area contributed by atoms with Crippen molar-refractivity contribution < 1.29 is 5.11 Å². The fraction of sp³-hybridized carbons (Fsp3) is 0.455. The lowest BCUT2D eigenvalue weighted by Crippen LogP contribution is -2.21. The number of aryl methyl sites for hydroxylation is 1. The molecule has 3 nitrogen and oxygen atoms in total. The summed E-state index contributed by atoms with van der Waals surface area (Å²) in [6.45, 7) is 3.73. The molecule has 0 spiro atoms. The lowest BCUT2D eigenvalue weighted by Gasteiger charge is -2.20. The van der Waals surface area contributed by atoms with Crippen molar-refractivity contribution in [2.45, 2.75) is 19.4 Å². The van der Waals surface area contributed by atoms with E-state index in [1.807, 2.05) is 18.2 Å². The summed E-state index contributed by atoms with van der Waals surface area (Å²) in [5.41, 5.74) is 8.85. The third kappa shape index (κ3) is 1.68. The van der Waals surface area contributed by atoms with E-state index in [0.29, 0.717) is 0 Å². The van der Waals surface area contributed by atoms with Crippen LogP contribution in [0.15, 0.2) is 18.2 Å². The Labute approximate surface area is 84.1 Å². The normalized spacial score (nSPS) is 21.6.